The number of halogens is 1. The molecule has 0 atom stereocenters. The van der Waals surface area contributed by atoms with E-state index in [1.807, 2.05) is 11.8 Å². The van der Waals surface area contributed by atoms with Crippen molar-refractivity contribution in [2.75, 3.05) is 24.6 Å². The number of nitro benzene ring substituents is 1. The Morgan fingerprint density at radius 2 is 2.16 bits per heavy atom. The Morgan fingerprint density at radius 1 is 1.37 bits per heavy atom. The molecule has 1 aliphatic rings. The SMILES string of the molecule is O=C(c1ccc(Cl)c([N+](=O)[O-])c1)N1CCCSCC1. The van der Waals surface area contributed by atoms with Crippen LogP contribution in [0.4, 0.5) is 5.69 Å². The molecule has 1 saturated heterocycles. The molecule has 1 aromatic rings. The second-order valence-electron chi connectivity index (χ2n) is 4.18. The van der Waals surface area contributed by atoms with Crippen molar-refractivity contribution in [1.82, 2.24) is 4.90 Å². The Hall–Kier alpha value is -1.27. The van der Waals surface area contributed by atoms with Gasteiger partial charge >= 0.3 is 0 Å². The minimum Gasteiger partial charge on any atom is -0.338 e. The number of amides is 1. The average Bonchev–Trinajstić information content (AvgIpc) is 2.67. The van der Waals surface area contributed by atoms with Crippen LogP contribution in [-0.4, -0.2) is 40.3 Å². The van der Waals surface area contributed by atoms with Gasteiger partial charge in [-0.05, 0) is 24.3 Å². The fourth-order valence-electron chi connectivity index (χ4n) is 1.92. The third-order valence-corrected chi connectivity index (χ3v) is 4.27. The van der Waals surface area contributed by atoms with Gasteiger partial charge < -0.3 is 4.90 Å². The molecular formula is C12H13ClN2O3S. The number of nitrogens with zero attached hydrogens (tertiary/aromatic N) is 2. The first-order valence-corrected chi connectivity index (χ1v) is 7.44. The standard InChI is InChI=1S/C12H13ClN2O3S/c13-10-3-2-9(8-11(10)15(17)18)12(16)14-4-1-6-19-7-5-14/h2-3,8H,1,4-7H2. The van der Waals surface area contributed by atoms with Crippen molar-refractivity contribution in [3.8, 4) is 0 Å². The fraction of sp³-hybridized carbons (Fsp3) is 0.417. The molecule has 2 rings (SSSR count). The molecule has 5 nitrogen and oxygen atoms in total. The van der Waals surface area contributed by atoms with Gasteiger partial charge in [-0.1, -0.05) is 11.6 Å². The summed E-state index contributed by atoms with van der Waals surface area (Å²) >= 11 is 7.56. The highest BCUT2D eigenvalue weighted by molar-refractivity contribution is 7.99. The van der Waals surface area contributed by atoms with Crippen molar-refractivity contribution in [3.05, 3.63) is 38.9 Å². The smallest absolute Gasteiger partial charge is 0.288 e. The minimum atomic E-state index is -0.572. The number of hydrogen-bond donors (Lipinski definition) is 0. The lowest BCUT2D eigenvalue weighted by molar-refractivity contribution is -0.384. The van der Waals surface area contributed by atoms with Gasteiger partial charge in [-0.25, -0.2) is 0 Å². The van der Waals surface area contributed by atoms with Crippen LogP contribution in [0.15, 0.2) is 18.2 Å². The summed E-state index contributed by atoms with van der Waals surface area (Å²) in [5.74, 6) is 1.79. The lowest BCUT2D eigenvalue weighted by Gasteiger charge is -2.19. The Bertz CT molecular complexity index is 502. The van der Waals surface area contributed by atoms with E-state index in [-0.39, 0.29) is 16.6 Å². The normalized spacial score (nSPS) is 15.9. The van der Waals surface area contributed by atoms with Crippen LogP contribution in [0.3, 0.4) is 0 Å². The van der Waals surface area contributed by atoms with Crippen LogP contribution in [0, 0.1) is 10.1 Å². The van der Waals surface area contributed by atoms with E-state index in [1.165, 1.54) is 18.2 Å². The van der Waals surface area contributed by atoms with Crippen LogP contribution >= 0.6 is 23.4 Å². The molecule has 0 bridgehead atoms. The molecular weight excluding hydrogens is 288 g/mol. The number of hydrogen-bond acceptors (Lipinski definition) is 4. The zero-order valence-corrected chi connectivity index (χ0v) is 11.7. The van der Waals surface area contributed by atoms with E-state index in [1.54, 1.807) is 4.90 Å². The molecule has 1 amide bonds. The van der Waals surface area contributed by atoms with Crippen molar-refractivity contribution < 1.29 is 9.72 Å². The number of thioether (sulfide) groups is 1. The summed E-state index contributed by atoms with van der Waals surface area (Å²) in [6.45, 7) is 1.38. The third-order valence-electron chi connectivity index (χ3n) is 2.90. The van der Waals surface area contributed by atoms with E-state index >= 15 is 0 Å². The highest BCUT2D eigenvalue weighted by atomic mass is 35.5. The fourth-order valence-corrected chi connectivity index (χ4v) is 2.99. The molecule has 0 unspecified atom stereocenters. The highest BCUT2D eigenvalue weighted by Crippen LogP contribution is 2.26. The number of benzene rings is 1. The molecule has 19 heavy (non-hydrogen) atoms. The van der Waals surface area contributed by atoms with Crippen LogP contribution in [0.5, 0.6) is 0 Å². The van der Waals surface area contributed by atoms with Gasteiger partial charge in [-0.2, -0.15) is 11.8 Å². The van der Waals surface area contributed by atoms with Crippen molar-refractivity contribution in [3.63, 3.8) is 0 Å². The summed E-state index contributed by atoms with van der Waals surface area (Å²) in [4.78, 5) is 24.3. The predicted molar refractivity (Wildman–Crippen MR) is 76.0 cm³/mol. The van der Waals surface area contributed by atoms with Gasteiger partial charge in [0, 0.05) is 30.5 Å². The Balaban J connectivity index is 2.23. The van der Waals surface area contributed by atoms with Crippen LogP contribution in [0.1, 0.15) is 16.8 Å². The Labute approximate surface area is 120 Å². The van der Waals surface area contributed by atoms with Crippen LogP contribution in [0.2, 0.25) is 5.02 Å². The molecule has 0 N–H and O–H groups in total. The van der Waals surface area contributed by atoms with Crippen molar-refractivity contribution in [1.29, 1.82) is 0 Å². The third kappa shape index (κ3) is 3.39. The summed E-state index contributed by atoms with van der Waals surface area (Å²) in [6, 6.07) is 4.19. The summed E-state index contributed by atoms with van der Waals surface area (Å²) in [5, 5.41) is 10.9. The zero-order valence-electron chi connectivity index (χ0n) is 10.2. The molecule has 102 valence electrons. The van der Waals surface area contributed by atoms with Crippen molar-refractivity contribution in [2.24, 2.45) is 0 Å². The van der Waals surface area contributed by atoms with Gasteiger partial charge in [-0.15, -0.1) is 0 Å². The molecule has 0 spiro atoms. The van der Waals surface area contributed by atoms with Crippen LogP contribution < -0.4 is 0 Å². The maximum Gasteiger partial charge on any atom is 0.288 e. The topological polar surface area (TPSA) is 63.4 Å². The molecule has 0 saturated carbocycles. The van der Waals surface area contributed by atoms with E-state index in [4.69, 9.17) is 11.6 Å². The van der Waals surface area contributed by atoms with Gasteiger partial charge in [0.1, 0.15) is 5.02 Å². The summed E-state index contributed by atoms with van der Waals surface area (Å²) in [6.07, 6.45) is 0.950. The number of nitro groups is 1. The van der Waals surface area contributed by atoms with Crippen molar-refractivity contribution in [2.45, 2.75) is 6.42 Å². The summed E-state index contributed by atoms with van der Waals surface area (Å²) < 4.78 is 0. The average molecular weight is 301 g/mol. The first kappa shape index (κ1) is 14.1. The van der Waals surface area contributed by atoms with Gasteiger partial charge in [-0.3, -0.25) is 14.9 Å². The molecule has 1 heterocycles. The Morgan fingerprint density at radius 3 is 2.89 bits per heavy atom. The van der Waals surface area contributed by atoms with E-state index in [9.17, 15) is 14.9 Å². The molecule has 0 aromatic heterocycles. The molecule has 0 aliphatic carbocycles. The summed E-state index contributed by atoms with van der Waals surface area (Å²) in [7, 11) is 0. The maximum atomic E-state index is 12.3. The molecule has 1 fully saturated rings. The minimum absolute atomic E-state index is 0.0490. The molecule has 7 heteroatoms. The summed E-state index contributed by atoms with van der Waals surface area (Å²) in [5.41, 5.74) is 0.0970. The highest BCUT2D eigenvalue weighted by Gasteiger charge is 2.21. The molecule has 1 aromatic carbocycles. The number of rotatable bonds is 2. The van der Waals surface area contributed by atoms with E-state index < -0.39 is 4.92 Å². The lowest BCUT2D eigenvalue weighted by atomic mass is 10.1. The van der Waals surface area contributed by atoms with E-state index in [0.29, 0.717) is 18.7 Å². The second kappa shape index (κ2) is 6.25. The Kier molecular flexibility index (Phi) is 4.66. The monoisotopic (exact) mass is 300 g/mol. The predicted octanol–water partition coefficient (Wildman–Crippen LogP) is 2.83. The van der Waals surface area contributed by atoms with Gasteiger partial charge in [0.2, 0.25) is 0 Å². The second-order valence-corrected chi connectivity index (χ2v) is 5.81. The zero-order chi connectivity index (χ0) is 13.8. The molecule has 1 aliphatic heterocycles. The maximum absolute atomic E-state index is 12.3. The molecule has 0 radical (unpaired) electrons. The quantitative estimate of drug-likeness (QED) is 0.622. The van der Waals surface area contributed by atoms with E-state index in [2.05, 4.69) is 0 Å². The van der Waals surface area contributed by atoms with Crippen molar-refractivity contribution >= 4 is 35.0 Å². The van der Waals surface area contributed by atoms with E-state index in [0.717, 1.165) is 17.9 Å². The van der Waals surface area contributed by atoms with Gasteiger partial charge in [0.25, 0.3) is 11.6 Å². The number of carbonyl (C=O) groups excluding carboxylic acids is 1. The van der Waals surface area contributed by atoms with Crippen LogP contribution in [0.25, 0.3) is 0 Å². The lowest BCUT2D eigenvalue weighted by Crippen LogP contribution is -2.32. The number of carbonyl (C=O) groups is 1. The van der Waals surface area contributed by atoms with Gasteiger partial charge in [0.05, 0.1) is 4.92 Å². The first-order chi connectivity index (χ1) is 9.09. The van der Waals surface area contributed by atoms with Crippen LogP contribution in [-0.2, 0) is 0 Å². The van der Waals surface area contributed by atoms with Gasteiger partial charge in [0.15, 0.2) is 0 Å². The first-order valence-electron chi connectivity index (χ1n) is 5.90. The largest absolute Gasteiger partial charge is 0.338 e.